The maximum Gasteiger partial charge on any atom is 0.301 e. The van der Waals surface area contributed by atoms with Crippen LogP contribution in [0.4, 0.5) is 0 Å². The molecule has 0 radical (unpaired) electrons. The quantitative estimate of drug-likeness (QED) is 0.758. The fraction of sp³-hybridized carbons (Fsp3) is 0.273. The van der Waals surface area contributed by atoms with E-state index in [2.05, 4.69) is 10.4 Å². The number of aryl methyl sites for hydroxylation is 1. The summed E-state index contributed by atoms with van der Waals surface area (Å²) in [5.74, 6) is 0.207. The van der Waals surface area contributed by atoms with Crippen LogP contribution in [0.25, 0.3) is 11.0 Å². The van der Waals surface area contributed by atoms with Gasteiger partial charge in [0.1, 0.15) is 0 Å². The number of nitrogens with zero attached hydrogens (tertiary/aromatic N) is 3. The van der Waals surface area contributed by atoms with Crippen LogP contribution < -0.4 is 5.43 Å². The number of hydrazine groups is 1. The number of fused-ring (bicyclic) bond motifs is 1. The number of carbonyl (C=O) groups excluding carboxylic acids is 1. The molecule has 1 amide bonds. The molecule has 5 heteroatoms. The Morgan fingerprint density at radius 2 is 2.06 bits per heavy atom. The molecule has 84 valence electrons. The molecule has 0 atom stereocenters. The third kappa shape index (κ3) is 1.77. The molecule has 2 aromatic rings. The molecule has 0 saturated carbocycles. The first-order chi connectivity index (χ1) is 7.59. The van der Waals surface area contributed by atoms with E-state index in [0.717, 1.165) is 11.0 Å². The standard InChI is InChI=1S/C11H14N4O/c1-14(2)13-11(16)10-12-8-6-4-5-7-9(8)15(10)3/h4-7H,1-3H3,(H,13,16). The zero-order chi connectivity index (χ0) is 11.7. The Morgan fingerprint density at radius 1 is 1.38 bits per heavy atom. The summed E-state index contributed by atoms with van der Waals surface area (Å²) in [4.78, 5) is 16.1. The normalized spacial score (nSPS) is 11.0. The first-order valence-electron chi connectivity index (χ1n) is 4.99. The molecule has 1 N–H and O–H groups in total. The van der Waals surface area contributed by atoms with Gasteiger partial charge in [-0.15, -0.1) is 0 Å². The van der Waals surface area contributed by atoms with Gasteiger partial charge in [-0.1, -0.05) is 12.1 Å². The Labute approximate surface area is 93.7 Å². The molecule has 0 bridgehead atoms. The van der Waals surface area contributed by atoms with Crippen LogP contribution >= 0.6 is 0 Å². The summed E-state index contributed by atoms with van der Waals surface area (Å²) in [7, 11) is 5.36. The minimum absolute atomic E-state index is 0.205. The van der Waals surface area contributed by atoms with Crippen molar-refractivity contribution in [3.63, 3.8) is 0 Å². The lowest BCUT2D eigenvalue weighted by atomic mass is 10.3. The number of nitrogens with one attached hydrogen (secondary N) is 1. The van der Waals surface area contributed by atoms with Crippen LogP contribution in [0, 0.1) is 0 Å². The van der Waals surface area contributed by atoms with E-state index in [-0.39, 0.29) is 5.91 Å². The number of rotatable bonds is 2. The molecule has 0 unspecified atom stereocenters. The second-order valence-electron chi connectivity index (χ2n) is 3.82. The average molecular weight is 218 g/mol. The van der Waals surface area contributed by atoms with Crippen LogP contribution in [-0.2, 0) is 7.05 Å². The summed E-state index contributed by atoms with van der Waals surface area (Å²) in [6, 6.07) is 7.66. The summed E-state index contributed by atoms with van der Waals surface area (Å²) in [6.45, 7) is 0. The maximum atomic E-state index is 11.8. The highest BCUT2D eigenvalue weighted by Gasteiger charge is 2.14. The van der Waals surface area contributed by atoms with E-state index in [9.17, 15) is 4.79 Å². The Morgan fingerprint density at radius 3 is 2.69 bits per heavy atom. The molecular weight excluding hydrogens is 204 g/mol. The lowest BCUT2D eigenvalue weighted by molar-refractivity contribution is 0.0843. The van der Waals surface area contributed by atoms with Crippen LogP contribution in [0.3, 0.4) is 0 Å². The van der Waals surface area contributed by atoms with Crippen molar-refractivity contribution < 1.29 is 4.79 Å². The number of imidazole rings is 1. The van der Waals surface area contributed by atoms with Gasteiger partial charge in [-0.25, -0.2) is 9.99 Å². The highest BCUT2D eigenvalue weighted by molar-refractivity contribution is 5.94. The highest BCUT2D eigenvalue weighted by atomic mass is 16.2. The number of amides is 1. The molecular formula is C11H14N4O. The van der Waals surface area contributed by atoms with Crippen molar-refractivity contribution >= 4 is 16.9 Å². The zero-order valence-electron chi connectivity index (χ0n) is 9.56. The third-order valence-electron chi connectivity index (χ3n) is 2.32. The SMILES string of the molecule is CN(C)NC(=O)c1nc2ccccc2n1C. The fourth-order valence-corrected chi connectivity index (χ4v) is 1.60. The molecule has 1 aromatic heterocycles. The molecule has 0 aliphatic heterocycles. The van der Waals surface area contributed by atoms with Gasteiger partial charge in [-0.2, -0.15) is 0 Å². The van der Waals surface area contributed by atoms with Crippen LogP contribution in [0.15, 0.2) is 24.3 Å². The van der Waals surface area contributed by atoms with Gasteiger partial charge in [-0.3, -0.25) is 10.2 Å². The van der Waals surface area contributed by atoms with Crippen molar-refractivity contribution in [2.24, 2.45) is 7.05 Å². The van der Waals surface area contributed by atoms with Crippen molar-refractivity contribution in [2.45, 2.75) is 0 Å². The predicted molar refractivity (Wildman–Crippen MR) is 61.9 cm³/mol. The van der Waals surface area contributed by atoms with E-state index in [1.54, 1.807) is 23.7 Å². The van der Waals surface area contributed by atoms with E-state index < -0.39 is 0 Å². The fourth-order valence-electron chi connectivity index (χ4n) is 1.60. The van der Waals surface area contributed by atoms with E-state index >= 15 is 0 Å². The second kappa shape index (κ2) is 3.94. The topological polar surface area (TPSA) is 50.2 Å². The number of aromatic nitrogens is 2. The number of benzene rings is 1. The van der Waals surface area contributed by atoms with Crippen molar-refractivity contribution in [1.29, 1.82) is 0 Å². The van der Waals surface area contributed by atoms with Crippen molar-refractivity contribution in [3.05, 3.63) is 30.1 Å². The molecule has 0 spiro atoms. The highest BCUT2D eigenvalue weighted by Crippen LogP contribution is 2.13. The number of carbonyl (C=O) groups is 1. The smallest absolute Gasteiger partial charge is 0.301 e. The molecule has 0 aliphatic carbocycles. The molecule has 0 fully saturated rings. The van der Waals surface area contributed by atoms with Gasteiger partial charge < -0.3 is 4.57 Å². The first-order valence-corrected chi connectivity index (χ1v) is 4.99. The third-order valence-corrected chi connectivity index (χ3v) is 2.32. The maximum absolute atomic E-state index is 11.8. The largest absolute Gasteiger partial charge is 0.323 e. The van der Waals surface area contributed by atoms with Crippen molar-refractivity contribution in [2.75, 3.05) is 14.1 Å². The van der Waals surface area contributed by atoms with Crippen molar-refractivity contribution in [1.82, 2.24) is 20.0 Å². The average Bonchev–Trinajstić information content (AvgIpc) is 2.56. The monoisotopic (exact) mass is 218 g/mol. The lowest BCUT2D eigenvalue weighted by Crippen LogP contribution is -2.37. The summed E-state index contributed by atoms with van der Waals surface area (Å²) in [5, 5.41) is 1.60. The van der Waals surface area contributed by atoms with Crippen LogP contribution in [0.2, 0.25) is 0 Å². The van der Waals surface area contributed by atoms with Gasteiger partial charge in [0, 0.05) is 21.1 Å². The summed E-state index contributed by atoms with van der Waals surface area (Å²) >= 11 is 0. The summed E-state index contributed by atoms with van der Waals surface area (Å²) in [6.07, 6.45) is 0. The van der Waals surface area contributed by atoms with Crippen molar-refractivity contribution in [3.8, 4) is 0 Å². The molecule has 2 rings (SSSR count). The van der Waals surface area contributed by atoms with E-state index in [1.165, 1.54) is 0 Å². The Kier molecular flexibility index (Phi) is 2.62. The second-order valence-corrected chi connectivity index (χ2v) is 3.82. The molecule has 0 aliphatic rings. The Bertz CT molecular complexity index is 530. The van der Waals surface area contributed by atoms with E-state index in [0.29, 0.717) is 5.82 Å². The number of hydrogen-bond donors (Lipinski definition) is 1. The van der Waals surface area contributed by atoms with Gasteiger partial charge in [-0.05, 0) is 12.1 Å². The number of para-hydroxylation sites is 2. The Hall–Kier alpha value is -1.88. The van der Waals surface area contributed by atoms with Gasteiger partial charge >= 0.3 is 5.91 Å². The lowest BCUT2D eigenvalue weighted by Gasteiger charge is -2.11. The first kappa shape index (κ1) is 10.6. The molecule has 0 saturated heterocycles. The van der Waals surface area contributed by atoms with Gasteiger partial charge in [0.15, 0.2) is 0 Å². The van der Waals surface area contributed by atoms with E-state index in [1.807, 2.05) is 31.3 Å². The molecule has 1 heterocycles. The molecule has 1 aromatic carbocycles. The zero-order valence-corrected chi connectivity index (χ0v) is 9.56. The summed E-state index contributed by atoms with van der Waals surface area (Å²) in [5.41, 5.74) is 4.45. The predicted octanol–water partition coefficient (Wildman–Crippen LogP) is 0.780. The van der Waals surface area contributed by atoms with Gasteiger partial charge in [0.2, 0.25) is 5.82 Å². The number of hydrogen-bond acceptors (Lipinski definition) is 3. The molecule has 16 heavy (non-hydrogen) atoms. The Balaban J connectivity index is 2.45. The minimum Gasteiger partial charge on any atom is -0.323 e. The van der Waals surface area contributed by atoms with Gasteiger partial charge in [0.05, 0.1) is 11.0 Å². The summed E-state index contributed by atoms with van der Waals surface area (Å²) < 4.78 is 1.79. The van der Waals surface area contributed by atoms with Gasteiger partial charge in [0.25, 0.3) is 0 Å². The minimum atomic E-state index is -0.205. The van der Waals surface area contributed by atoms with Crippen LogP contribution in [0.5, 0.6) is 0 Å². The van der Waals surface area contributed by atoms with E-state index in [4.69, 9.17) is 0 Å². The molecule has 5 nitrogen and oxygen atoms in total. The van der Waals surface area contributed by atoms with Crippen LogP contribution in [-0.4, -0.2) is 34.6 Å². The van der Waals surface area contributed by atoms with Crippen LogP contribution in [0.1, 0.15) is 10.6 Å².